The van der Waals surface area contributed by atoms with E-state index in [0.717, 1.165) is 51.2 Å². The summed E-state index contributed by atoms with van der Waals surface area (Å²) in [4.78, 5) is 2.25. The largest absolute Gasteiger partial charge is 0.314 e. The van der Waals surface area contributed by atoms with Crippen molar-refractivity contribution in [1.29, 1.82) is 0 Å². The fraction of sp³-hybridized carbons (Fsp3) is 0.571. The number of halogens is 3. The van der Waals surface area contributed by atoms with Gasteiger partial charge in [0, 0.05) is 32.2 Å². The molecule has 0 radical (unpaired) electrons. The van der Waals surface area contributed by atoms with Crippen molar-refractivity contribution in [2.75, 3.05) is 26.2 Å². The number of piperazine rings is 1. The lowest BCUT2D eigenvalue weighted by Crippen LogP contribution is -2.45. The van der Waals surface area contributed by atoms with Gasteiger partial charge in [-0.25, -0.2) is 13.2 Å². The lowest BCUT2D eigenvalue weighted by Gasteiger charge is -2.35. The molecule has 2 aliphatic rings. The van der Waals surface area contributed by atoms with Gasteiger partial charge in [0.25, 0.3) is 0 Å². The molecule has 0 aromatic heterocycles. The second-order valence-corrected chi connectivity index (χ2v) is 5.37. The molecule has 1 aliphatic carbocycles. The van der Waals surface area contributed by atoms with Crippen LogP contribution in [0.2, 0.25) is 0 Å². The molecule has 3 rings (SSSR count). The Bertz CT molecular complexity index is 445. The zero-order valence-electron chi connectivity index (χ0n) is 10.6. The summed E-state index contributed by atoms with van der Waals surface area (Å²) >= 11 is 0. The fourth-order valence-electron chi connectivity index (χ4n) is 2.90. The summed E-state index contributed by atoms with van der Waals surface area (Å²) < 4.78 is 39.9. The van der Waals surface area contributed by atoms with Crippen LogP contribution in [0.3, 0.4) is 0 Å². The van der Waals surface area contributed by atoms with E-state index < -0.39 is 17.5 Å². The number of nitrogens with zero attached hydrogens (tertiary/aromatic N) is 1. The van der Waals surface area contributed by atoms with Gasteiger partial charge in [-0.05, 0) is 36.5 Å². The minimum Gasteiger partial charge on any atom is -0.314 e. The van der Waals surface area contributed by atoms with Crippen LogP contribution >= 0.6 is 0 Å². The van der Waals surface area contributed by atoms with Crippen LogP contribution in [-0.4, -0.2) is 31.1 Å². The number of rotatable bonds is 3. The normalized spacial score (nSPS) is 22.5. The average Bonchev–Trinajstić information content (AvgIpc) is 3.22. The SMILES string of the molecule is Fc1cc([C@@H](C2CC2)N2CCNCC2)cc(F)c1F. The topological polar surface area (TPSA) is 15.3 Å². The lowest BCUT2D eigenvalue weighted by atomic mass is 9.99. The highest BCUT2D eigenvalue weighted by Gasteiger charge is 2.37. The molecule has 1 atom stereocenters. The summed E-state index contributed by atoms with van der Waals surface area (Å²) in [5.41, 5.74) is 0.570. The molecule has 1 saturated heterocycles. The van der Waals surface area contributed by atoms with Gasteiger partial charge >= 0.3 is 0 Å². The summed E-state index contributed by atoms with van der Waals surface area (Å²) in [6.07, 6.45) is 2.16. The minimum absolute atomic E-state index is 0.0201. The quantitative estimate of drug-likeness (QED) is 0.849. The van der Waals surface area contributed by atoms with Gasteiger partial charge in [-0.15, -0.1) is 0 Å². The van der Waals surface area contributed by atoms with Crippen molar-refractivity contribution in [2.24, 2.45) is 5.92 Å². The van der Waals surface area contributed by atoms with Gasteiger partial charge < -0.3 is 5.32 Å². The van der Waals surface area contributed by atoms with Gasteiger partial charge in [0.2, 0.25) is 0 Å². The zero-order valence-corrected chi connectivity index (χ0v) is 10.6. The highest BCUT2D eigenvalue weighted by atomic mass is 19.2. The van der Waals surface area contributed by atoms with Crippen molar-refractivity contribution < 1.29 is 13.2 Å². The number of nitrogens with one attached hydrogen (secondary N) is 1. The van der Waals surface area contributed by atoms with Crippen LogP contribution in [0, 0.1) is 23.4 Å². The van der Waals surface area contributed by atoms with E-state index in [4.69, 9.17) is 0 Å². The summed E-state index contributed by atoms with van der Waals surface area (Å²) in [6.45, 7) is 3.49. The molecule has 0 bridgehead atoms. The van der Waals surface area contributed by atoms with E-state index in [1.165, 1.54) is 0 Å². The van der Waals surface area contributed by atoms with E-state index in [-0.39, 0.29) is 6.04 Å². The Labute approximate surface area is 110 Å². The molecule has 1 N–H and O–H groups in total. The summed E-state index contributed by atoms with van der Waals surface area (Å²) in [5.74, 6) is -3.10. The van der Waals surface area contributed by atoms with Crippen molar-refractivity contribution >= 4 is 0 Å². The van der Waals surface area contributed by atoms with Crippen LogP contribution < -0.4 is 5.32 Å². The standard InChI is InChI=1S/C14H17F3N2/c15-11-7-10(8-12(16)13(11)17)14(9-1-2-9)19-5-3-18-4-6-19/h7-9,14,18H,1-6H2/t14-/m1/s1. The maximum atomic E-state index is 13.4. The van der Waals surface area contributed by atoms with Crippen LogP contribution in [0.5, 0.6) is 0 Å². The van der Waals surface area contributed by atoms with Gasteiger partial charge in [-0.2, -0.15) is 0 Å². The van der Waals surface area contributed by atoms with E-state index in [2.05, 4.69) is 10.2 Å². The van der Waals surface area contributed by atoms with Crippen molar-refractivity contribution in [3.8, 4) is 0 Å². The molecule has 0 amide bonds. The average molecular weight is 270 g/mol. The van der Waals surface area contributed by atoms with Gasteiger partial charge in [0.15, 0.2) is 17.5 Å². The Balaban J connectivity index is 1.91. The Morgan fingerprint density at radius 1 is 1.05 bits per heavy atom. The first-order chi connectivity index (χ1) is 9.16. The third kappa shape index (κ3) is 2.62. The van der Waals surface area contributed by atoms with Gasteiger partial charge in [0.1, 0.15) is 0 Å². The van der Waals surface area contributed by atoms with Crippen LogP contribution in [0.15, 0.2) is 12.1 Å². The number of hydrogen-bond donors (Lipinski definition) is 1. The molecule has 0 unspecified atom stereocenters. The summed E-state index contributed by atoms with van der Waals surface area (Å²) in [7, 11) is 0. The monoisotopic (exact) mass is 270 g/mol. The smallest absolute Gasteiger partial charge is 0.194 e. The predicted octanol–water partition coefficient (Wildman–Crippen LogP) is 2.46. The first-order valence-electron chi connectivity index (χ1n) is 6.76. The molecule has 1 heterocycles. The van der Waals surface area contributed by atoms with Crippen molar-refractivity contribution in [1.82, 2.24) is 10.2 Å². The Hall–Kier alpha value is -1.07. The highest BCUT2D eigenvalue weighted by Crippen LogP contribution is 2.45. The molecule has 2 nitrogen and oxygen atoms in total. The molecule has 2 fully saturated rings. The van der Waals surface area contributed by atoms with Crippen molar-refractivity contribution in [2.45, 2.75) is 18.9 Å². The predicted molar refractivity (Wildman–Crippen MR) is 66.2 cm³/mol. The molecule has 1 aromatic rings. The molecule has 1 aromatic carbocycles. The molecule has 0 spiro atoms. The molecule has 1 saturated carbocycles. The van der Waals surface area contributed by atoms with Crippen LogP contribution in [0.1, 0.15) is 24.4 Å². The maximum Gasteiger partial charge on any atom is 0.194 e. The highest BCUT2D eigenvalue weighted by molar-refractivity contribution is 5.25. The maximum absolute atomic E-state index is 13.4. The molecule has 1 aliphatic heterocycles. The first-order valence-corrected chi connectivity index (χ1v) is 6.76. The van der Waals surface area contributed by atoms with E-state index in [0.29, 0.717) is 11.5 Å². The van der Waals surface area contributed by atoms with E-state index in [1.807, 2.05) is 0 Å². The Morgan fingerprint density at radius 2 is 1.63 bits per heavy atom. The molecular weight excluding hydrogens is 253 g/mol. The van der Waals surface area contributed by atoms with Crippen LogP contribution in [0.4, 0.5) is 13.2 Å². The minimum atomic E-state index is -1.38. The second kappa shape index (κ2) is 5.13. The summed E-state index contributed by atoms with van der Waals surface area (Å²) in [5, 5.41) is 3.26. The van der Waals surface area contributed by atoms with Crippen LogP contribution in [0.25, 0.3) is 0 Å². The Morgan fingerprint density at radius 3 is 2.16 bits per heavy atom. The van der Waals surface area contributed by atoms with E-state index in [1.54, 1.807) is 0 Å². The number of hydrogen-bond acceptors (Lipinski definition) is 2. The van der Waals surface area contributed by atoms with Gasteiger partial charge in [0.05, 0.1) is 0 Å². The molecule has 19 heavy (non-hydrogen) atoms. The lowest BCUT2D eigenvalue weighted by molar-refractivity contribution is 0.155. The zero-order chi connectivity index (χ0) is 13.4. The van der Waals surface area contributed by atoms with Crippen molar-refractivity contribution in [3.63, 3.8) is 0 Å². The number of benzene rings is 1. The molecule has 104 valence electrons. The van der Waals surface area contributed by atoms with Crippen LogP contribution in [-0.2, 0) is 0 Å². The second-order valence-electron chi connectivity index (χ2n) is 5.37. The van der Waals surface area contributed by atoms with Crippen molar-refractivity contribution in [3.05, 3.63) is 35.1 Å². The molecule has 5 heteroatoms. The summed E-state index contributed by atoms with van der Waals surface area (Å²) in [6, 6.07) is 2.33. The fourth-order valence-corrected chi connectivity index (χ4v) is 2.90. The first kappa shape index (κ1) is 12.9. The third-order valence-corrected chi connectivity index (χ3v) is 3.96. The van der Waals surface area contributed by atoms with Gasteiger partial charge in [-0.3, -0.25) is 4.90 Å². The van der Waals surface area contributed by atoms with E-state index >= 15 is 0 Å². The van der Waals surface area contributed by atoms with Gasteiger partial charge in [-0.1, -0.05) is 0 Å². The molecular formula is C14H17F3N2. The van der Waals surface area contributed by atoms with E-state index in [9.17, 15) is 13.2 Å². The Kier molecular flexibility index (Phi) is 3.50. The third-order valence-electron chi connectivity index (χ3n) is 3.96.